The molecule has 0 amide bonds. The summed E-state index contributed by atoms with van der Waals surface area (Å²) in [5.74, 6) is 0.960. The van der Waals surface area contributed by atoms with Crippen LogP contribution in [-0.2, 0) is 0 Å². The van der Waals surface area contributed by atoms with Gasteiger partial charge >= 0.3 is 0 Å². The molecule has 0 spiro atoms. The van der Waals surface area contributed by atoms with Gasteiger partial charge in [-0.05, 0) is 35.9 Å². The molecule has 0 aromatic heterocycles. The van der Waals surface area contributed by atoms with E-state index in [0.29, 0.717) is 11.3 Å². The zero-order valence-corrected chi connectivity index (χ0v) is 8.84. The average Bonchev–Trinajstić information content (AvgIpc) is 2.32. The Bertz CT molecular complexity index is 506. The van der Waals surface area contributed by atoms with Crippen molar-refractivity contribution < 1.29 is 14.9 Å². The molecule has 2 rings (SSSR count). The summed E-state index contributed by atoms with van der Waals surface area (Å²) >= 11 is 0. The molecule has 0 fully saturated rings. The Morgan fingerprint density at radius 1 is 1.00 bits per heavy atom. The second kappa shape index (κ2) is 4.14. The van der Waals surface area contributed by atoms with E-state index in [1.54, 1.807) is 13.2 Å². The van der Waals surface area contributed by atoms with Crippen LogP contribution < -0.4 is 4.74 Å². The zero-order chi connectivity index (χ0) is 11.5. The number of phenols is 2. The molecule has 2 N–H and O–H groups in total. The Balaban J connectivity index is 2.53. The number of phenolic OH excluding ortho intramolecular Hbond substituents is 2. The molecule has 16 heavy (non-hydrogen) atoms. The summed E-state index contributed by atoms with van der Waals surface area (Å²) in [6.07, 6.45) is 0. The molecule has 2 aromatic carbocycles. The molecule has 0 unspecified atom stereocenters. The SMILES string of the molecule is COc1cccc(-c2cc(O)ccc2O)c1. The number of methoxy groups -OCH3 is 1. The first kappa shape index (κ1) is 10.4. The minimum atomic E-state index is 0.121. The van der Waals surface area contributed by atoms with E-state index in [2.05, 4.69) is 0 Å². The average molecular weight is 216 g/mol. The van der Waals surface area contributed by atoms with E-state index in [9.17, 15) is 10.2 Å². The molecular formula is C13H12O3. The molecule has 0 bridgehead atoms. The monoisotopic (exact) mass is 216 g/mol. The van der Waals surface area contributed by atoms with E-state index < -0.39 is 0 Å². The summed E-state index contributed by atoms with van der Waals surface area (Å²) in [5.41, 5.74) is 1.38. The van der Waals surface area contributed by atoms with Gasteiger partial charge in [-0.1, -0.05) is 12.1 Å². The number of hydrogen-bond acceptors (Lipinski definition) is 3. The van der Waals surface area contributed by atoms with Crippen molar-refractivity contribution in [2.75, 3.05) is 7.11 Å². The van der Waals surface area contributed by atoms with Crippen molar-refractivity contribution >= 4 is 0 Å². The van der Waals surface area contributed by atoms with E-state index in [1.165, 1.54) is 18.2 Å². The molecule has 0 aliphatic carbocycles. The molecule has 0 saturated heterocycles. The molecule has 3 nitrogen and oxygen atoms in total. The third-order valence-corrected chi connectivity index (χ3v) is 2.36. The van der Waals surface area contributed by atoms with Crippen molar-refractivity contribution in [1.82, 2.24) is 0 Å². The van der Waals surface area contributed by atoms with E-state index in [4.69, 9.17) is 4.74 Å². The predicted molar refractivity (Wildman–Crippen MR) is 61.8 cm³/mol. The van der Waals surface area contributed by atoms with Gasteiger partial charge < -0.3 is 14.9 Å². The van der Waals surface area contributed by atoms with Gasteiger partial charge in [-0.15, -0.1) is 0 Å². The minimum Gasteiger partial charge on any atom is -0.508 e. The highest BCUT2D eigenvalue weighted by atomic mass is 16.5. The first-order valence-electron chi connectivity index (χ1n) is 4.87. The maximum Gasteiger partial charge on any atom is 0.123 e. The number of ether oxygens (including phenoxy) is 1. The summed E-state index contributed by atoms with van der Waals surface area (Å²) < 4.78 is 5.10. The van der Waals surface area contributed by atoms with Crippen LogP contribution in [0.15, 0.2) is 42.5 Å². The van der Waals surface area contributed by atoms with E-state index in [0.717, 1.165) is 5.56 Å². The van der Waals surface area contributed by atoms with Crippen molar-refractivity contribution in [3.05, 3.63) is 42.5 Å². The van der Waals surface area contributed by atoms with Crippen LogP contribution in [0, 0.1) is 0 Å². The van der Waals surface area contributed by atoms with Crippen molar-refractivity contribution in [2.24, 2.45) is 0 Å². The van der Waals surface area contributed by atoms with E-state index >= 15 is 0 Å². The van der Waals surface area contributed by atoms with Crippen LogP contribution in [0.5, 0.6) is 17.2 Å². The van der Waals surface area contributed by atoms with E-state index in [1.807, 2.05) is 18.2 Å². The van der Waals surface area contributed by atoms with Gasteiger partial charge in [0.05, 0.1) is 7.11 Å². The fourth-order valence-corrected chi connectivity index (χ4v) is 1.55. The second-order valence-electron chi connectivity index (χ2n) is 3.43. The van der Waals surface area contributed by atoms with Crippen molar-refractivity contribution in [3.63, 3.8) is 0 Å². The summed E-state index contributed by atoms with van der Waals surface area (Å²) in [7, 11) is 1.58. The van der Waals surface area contributed by atoms with Crippen LogP contribution in [0.1, 0.15) is 0 Å². The largest absolute Gasteiger partial charge is 0.508 e. The summed E-state index contributed by atoms with van der Waals surface area (Å²) in [6.45, 7) is 0. The van der Waals surface area contributed by atoms with Crippen molar-refractivity contribution in [2.45, 2.75) is 0 Å². The molecule has 3 heteroatoms. The third kappa shape index (κ3) is 1.93. The quantitative estimate of drug-likeness (QED) is 0.759. The summed E-state index contributed by atoms with van der Waals surface area (Å²) in [6, 6.07) is 11.7. The lowest BCUT2D eigenvalue weighted by atomic mass is 10.0. The van der Waals surface area contributed by atoms with Crippen molar-refractivity contribution in [3.8, 4) is 28.4 Å². The van der Waals surface area contributed by atoms with Crippen LogP contribution in [0.25, 0.3) is 11.1 Å². The van der Waals surface area contributed by atoms with Gasteiger partial charge in [0.1, 0.15) is 17.2 Å². The third-order valence-electron chi connectivity index (χ3n) is 2.36. The zero-order valence-electron chi connectivity index (χ0n) is 8.84. The smallest absolute Gasteiger partial charge is 0.123 e. The van der Waals surface area contributed by atoms with Gasteiger partial charge in [0.2, 0.25) is 0 Å². The molecule has 82 valence electrons. The predicted octanol–water partition coefficient (Wildman–Crippen LogP) is 2.77. The van der Waals surface area contributed by atoms with Gasteiger partial charge in [-0.2, -0.15) is 0 Å². The molecule has 0 atom stereocenters. The fourth-order valence-electron chi connectivity index (χ4n) is 1.55. The summed E-state index contributed by atoms with van der Waals surface area (Å²) in [5, 5.41) is 19.1. The molecule has 0 aliphatic heterocycles. The normalized spacial score (nSPS) is 10.1. The van der Waals surface area contributed by atoms with Crippen LogP contribution in [0.3, 0.4) is 0 Å². The fraction of sp³-hybridized carbons (Fsp3) is 0.0769. The second-order valence-corrected chi connectivity index (χ2v) is 3.43. The van der Waals surface area contributed by atoms with Gasteiger partial charge in [-0.25, -0.2) is 0 Å². The highest BCUT2D eigenvalue weighted by Gasteiger charge is 2.06. The Morgan fingerprint density at radius 3 is 2.56 bits per heavy atom. The first-order valence-corrected chi connectivity index (χ1v) is 4.87. The van der Waals surface area contributed by atoms with Gasteiger partial charge in [0.15, 0.2) is 0 Å². The molecule has 0 aliphatic rings. The topological polar surface area (TPSA) is 49.7 Å². The minimum absolute atomic E-state index is 0.121. The van der Waals surface area contributed by atoms with Crippen molar-refractivity contribution in [1.29, 1.82) is 0 Å². The molecule has 2 aromatic rings. The Hall–Kier alpha value is -2.16. The molecular weight excluding hydrogens is 204 g/mol. The Kier molecular flexibility index (Phi) is 2.68. The standard InChI is InChI=1S/C13H12O3/c1-16-11-4-2-3-9(7-11)12-8-10(14)5-6-13(12)15/h2-8,14-15H,1H3. The molecule has 0 saturated carbocycles. The van der Waals surface area contributed by atoms with Gasteiger partial charge in [0, 0.05) is 5.56 Å². The number of hydrogen-bond donors (Lipinski definition) is 2. The van der Waals surface area contributed by atoms with Crippen LogP contribution in [-0.4, -0.2) is 17.3 Å². The van der Waals surface area contributed by atoms with Crippen LogP contribution >= 0.6 is 0 Å². The highest BCUT2D eigenvalue weighted by Crippen LogP contribution is 2.33. The Morgan fingerprint density at radius 2 is 1.81 bits per heavy atom. The maximum absolute atomic E-state index is 9.70. The first-order chi connectivity index (χ1) is 7.70. The molecule has 0 heterocycles. The maximum atomic E-state index is 9.70. The van der Waals surface area contributed by atoms with Crippen LogP contribution in [0.4, 0.5) is 0 Å². The highest BCUT2D eigenvalue weighted by molar-refractivity contribution is 5.72. The van der Waals surface area contributed by atoms with Gasteiger partial charge in [-0.3, -0.25) is 0 Å². The Labute approximate surface area is 93.6 Å². The van der Waals surface area contributed by atoms with E-state index in [-0.39, 0.29) is 11.5 Å². The summed E-state index contributed by atoms with van der Waals surface area (Å²) in [4.78, 5) is 0. The molecule has 0 radical (unpaired) electrons. The lowest BCUT2D eigenvalue weighted by Gasteiger charge is -2.07. The number of rotatable bonds is 2. The van der Waals surface area contributed by atoms with Gasteiger partial charge in [0.25, 0.3) is 0 Å². The van der Waals surface area contributed by atoms with Crippen LogP contribution in [0.2, 0.25) is 0 Å². The number of benzene rings is 2. The lowest BCUT2D eigenvalue weighted by Crippen LogP contribution is -1.84. The number of aromatic hydroxyl groups is 2. The lowest BCUT2D eigenvalue weighted by molar-refractivity contribution is 0.415.